The number of amides is 1. The Balaban J connectivity index is 1.97. The fraction of sp³-hybridized carbons (Fsp3) is 0.154. The van der Waals surface area contributed by atoms with E-state index in [1.165, 1.54) is 0 Å². The molecule has 21 heavy (non-hydrogen) atoms. The van der Waals surface area contributed by atoms with Gasteiger partial charge in [0.1, 0.15) is 17.5 Å². The lowest BCUT2D eigenvalue weighted by atomic mass is 10.3. The summed E-state index contributed by atoms with van der Waals surface area (Å²) in [5.41, 5.74) is 6.05. The number of nitrogens with zero attached hydrogens (tertiary/aromatic N) is 2. The number of nitrogens with one attached hydrogen (secondary N) is 1. The molecule has 110 valence electrons. The van der Waals surface area contributed by atoms with Crippen LogP contribution >= 0.6 is 11.8 Å². The highest BCUT2D eigenvalue weighted by Gasteiger charge is 2.10. The lowest BCUT2D eigenvalue weighted by Crippen LogP contribution is -2.15. The Morgan fingerprint density at radius 3 is 2.81 bits per heavy atom. The van der Waals surface area contributed by atoms with Crippen LogP contribution in [0.2, 0.25) is 0 Å². The van der Waals surface area contributed by atoms with Gasteiger partial charge in [-0.15, -0.1) is 0 Å². The summed E-state index contributed by atoms with van der Waals surface area (Å²) < 4.78 is 26.3. The standard InChI is InChI=1S/C13H12F2N4OS/c1-7-4-11(16)19-13(17-7)21-6-12(20)18-10-5-8(14)2-3-9(10)15/h2-5H,6H2,1H3,(H,18,20)(H2,16,17,19). The first-order valence-corrected chi connectivity index (χ1v) is 6.91. The van der Waals surface area contributed by atoms with Crippen LogP contribution in [0.3, 0.4) is 0 Å². The van der Waals surface area contributed by atoms with Crippen molar-refractivity contribution in [3.63, 3.8) is 0 Å². The lowest BCUT2D eigenvalue weighted by molar-refractivity contribution is -0.113. The van der Waals surface area contributed by atoms with Crippen molar-refractivity contribution in [1.29, 1.82) is 0 Å². The predicted octanol–water partition coefficient (Wildman–Crippen LogP) is 2.38. The average molecular weight is 310 g/mol. The van der Waals surface area contributed by atoms with Gasteiger partial charge < -0.3 is 11.1 Å². The van der Waals surface area contributed by atoms with Crippen LogP contribution in [0.25, 0.3) is 0 Å². The zero-order valence-electron chi connectivity index (χ0n) is 11.1. The van der Waals surface area contributed by atoms with Gasteiger partial charge in [0.25, 0.3) is 0 Å². The first-order chi connectivity index (χ1) is 9.94. The fourth-order valence-electron chi connectivity index (χ4n) is 1.54. The largest absolute Gasteiger partial charge is 0.384 e. The number of nitrogen functional groups attached to an aromatic ring is 1. The van der Waals surface area contributed by atoms with Crippen molar-refractivity contribution >= 4 is 29.2 Å². The van der Waals surface area contributed by atoms with Gasteiger partial charge in [-0.05, 0) is 19.1 Å². The van der Waals surface area contributed by atoms with E-state index in [-0.39, 0.29) is 11.4 Å². The highest BCUT2D eigenvalue weighted by atomic mass is 32.2. The fourth-order valence-corrected chi connectivity index (χ4v) is 2.25. The summed E-state index contributed by atoms with van der Waals surface area (Å²) in [6.07, 6.45) is 0. The van der Waals surface area contributed by atoms with Crippen molar-refractivity contribution in [3.05, 3.63) is 41.6 Å². The predicted molar refractivity (Wildman–Crippen MR) is 76.9 cm³/mol. The number of carbonyl (C=O) groups is 1. The molecule has 0 saturated carbocycles. The van der Waals surface area contributed by atoms with E-state index < -0.39 is 17.5 Å². The Labute approximate surface area is 124 Å². The highest BCUT2D eigenvalue weighted by molar-refractivity contribution is 7.99. The molecule has 0 saturated heterocycles. The topological polar surface area (TPSA) is 80.9 Å². The number of rotatable bonds is 4. The number of benzene rings is 1. The maximum Gasteiger partial charge on any atom is 0.234 e. The second-order valence-electron chi connectivity index (χ2n) is 4.18. The van der Waals surface area contributed by atoms with Crippen molar-refractivity contribution in [3.8, 4) is 0 Å². The smallest absolute Gasteiger partial charge is 0.234 e. The molecule has 5 nitrogen and oxygen atoms in total. The molecule has 0 radical (unpaired) electrons. The molecular weight excluding hydrogens is 298 g/mol. The van der Waals surface area contributed by atoms with Gasteiger partial charge in [0, 0.05) is 17.8 Å². The Hall–Kier alpha value is -2.22. The number of thioether (sulfide) groups is 1. The molecule has 0 aliphatic carbocycles. The van der Waals surface area contributed by atoms with E-state index in [4.69, 9.17) is 5.73 Å². The number of carbonyl (C=O) groups excluding carboxylic acids is 1. The summed E-state index contributed by atoms with van der Waals surface area (Å²) in [5.74, 6) is -1.56. The second kappa shape index (κ2) is 6.49. The third kappa shape index (κ3) is 4.38. The molecule has 0 fully saturated rings. The number of aryl methyl sites for hydroxylation is 1. The molecular formula is C13H12F2N4OS. The molecule has 8 heteroatoms. The molecule has 0 bridgehead atoms. The third-order valence-corrected chi connectivity index (χ3v) is 3.24. The van der Waals surface area contributed by atoms with Crippen LogP contribution < -0.4 is 11.1 Å². The minimum absolute atomic E-state index is 0.0428. The normalized spacial score (nSPS) is 10.4. The van der Waals surface area contributed by atoms with Crippen LogP contribution in [0, 0.1) is 18.6 Å². The van der Waals surface area contributed by atoms with Crippen LogP contribution in [0.4, 0.5) is 20.3 Å². The molecule has 1 amide bonds. The lowest BCUT2D eigenvalue weighted by Gasteiger charge is -2.06. The van der Waals surface area contributed by atoms with E-state index >= 15 is 0 Å². The molecule has 0 aliphatic heterocycles. The van der Waals surface area contributed by atoms with Crippen molar-refractivity contribution in [2.75, 3.05) is 16.8 Å². The first kappa shape index (κ1) is 15.2. The summed E-state index contributed by atoms with van der Waals surface area (Å²) in [6.45, 7) is 1.75. The number of aromatic nitrogens is 2. The second-order valence-corrected chi connectivity index (χ2v) is 5.12. The van der Waals surface area contributed by atoms with E-state index in [2.05, 4.69) is 15.3 Å². The maximum absolute atomic E-state index is 13.4. The van der Waals surface area contributed by atoms with E-state index in [0.717, 1.165) is 30.0 Å². The third-order valence-electron chi connectivity index (χ3n) is 2.39. The summed E-state index contributed by atoms with van der Waals surface area (Å²) >= 11 is 1.06. The maximum atomic E-state index is 13.4. The highest BCUT2D eigenvalue weighted by Crippen LogP contribution is 2.18. The van der Waals surface area contributed by atoms with E-state index in [9.17, 15) is 13.6 Å². The minimum atomic E-state index is -0.703. The van der Waals surface area contributed by atoms with Gasteiger partial charge in [-0.25, -0.2) is 18.7 Å². The van der Waals surface area contributed by atoms with Gasteiger partial charge in [-0.1, -0.05) is 11.8 Å². The van der Waals surface area contributed by atoms with Gasteiger partial charge in [0.15, 0.2) is 5.16 Å². The first-order valence-electron chi connectivity index (χ1n) is 5.93. The molecule has 0 aliphatic rings. The van der Waals surface area contributed by atoms with Crippen molar-refractivity contribution in [2.45, 2.75) is 12.1 Å². The van der Waals surface area contributed by atoms with Crippen molar-refractivity contribution < 1.29 is 13.6 Å². The molecule has 3 N–H and O–H groups in total. The van der Waals surface area contributed by atoms with Crippen molar-refractivity contribution in [2.24, 2.45) is 0 Å². The summed E-state index contributed by atoms with van der Waals surface area (Å²) in [7, 11) is 0. The number of halogens is 2. The van der Waals surface area contributed by atoms with Gasteiger partial charge in [0.2, 0.25) is 5.91 Å². The zero-order chi connectivity index (χ0) is 15.4. The number of nitrogens with two attached hydrogens (primary N) is 1. The van der Waals surface area contributed by atoms with E-state index in [0.29, 0.717) is 16.7 Å². The number of hydrogen-bond donors (Lipinski definition) is 2. The van der Waals surface area contributed by atoms with Gasteiger partial charge >= 0.3 is 0 Å². The van der Waals surface area contributed by atoms with Gasteiger partial charge in [-0.3, -0.25) is 4.79 Å². The number of hydrogen-bond acceptors (Lipinski definition) is 5. The Morgan fingerprint density at radius 2 is 2.10 bits per heavy atom. The van der Waals surface area contributed by atoms with Gasteiger partial charge in [-0.2, -0.15) is 0 Å². The quantitative estimate of drug-likeness (QED) is 0.669. The molecule has 0 spiro atoms. The molecule has 0 unspecified atom stereocenters. The molecule has 2 rings (SSSR count). The zero-order valence-corrected chi connectivity index (χ0v) is 11.9. The molecule has 1 aromatic heterocycles. The molecule has 1 heterocycles. The van der Waals surface area contributed by atoms with E-state index in [1.807, 2.05) is 0 Å². The molecule has 0 atom stereocenters. The SMILES string of the molecule is Cc1cc(N)nc(SCC(=O)Nc2cc(F)ccc2F)n1. The number of anilines is 2. The van der Waals surface area contributed by atoms with Crippen molar-refractivity contribution in [1.82, 2.24) is 9.97 Å². The molecule has 1 aromatic carbocycles. The van der Waals surface area contributed by atoms with Crippen LogP contribution in [0.1, 0.15) is 5.69 Å². The minimum Gasteiger partial charge on any atom is -0.384 e. The summed E-state index contributed by atoms with van der Waals surface area (Å²) in [4.78, 5) is 19.8. The Bertz CT molecular complexity index is 661. The van der Waals surface area contributed by atoms with Crippen LogP contribution in [0.15, 0.2) is 29.4 Å². The Morgan fingerprint density at radius 1 is 1.33 bits per heavy atom. The average Bonchev–Trinajstić information content (AvgIpc) is 2.40. The monoisotopic (exact) mass is 310 g/mol. The van der Waals surface area contributed by atoms with E-state index in [1.54, 1.807) is 13.0 Å². The van der Waals surface area contributed by atoms with Crippen LogP contribution in [-0.2, 0) is 4.79 Å². The summed E-state index contributed by atoms with van der Waals surface area (Å²) in [6, 6.07) is 4.44. The Kier molecular flexibility index (Phi) is 4.69. The van der Waals surface area contributed by atoms with Crippen LogP contribution in [-0.4, -0.2) is 21.6 Å². The van der Waals surface area contributed by atoms with Gasteiger partial charge in [0.05, 0.1) is 11.4 Å². The summed E-state index contributed by atoms with van der Waals surface area (Å²) in [5, 5.41) is 2.64. The molecule has 2 aromatic rings. The van der Waals surface area contributed by atoms with Crippen LogP contribution in [0.5, 0.6) is 0 Å².